The van der Waals surface area contributed by atoms with E-state index >= 15 is 0 Å². The van der Waals surface area contributed by atoms with Crippen molar-refractivity contribution in [3.8, 4) is 0 Å². The number of hydrogen-bond donors (Lipinski definition) is 1. The van der Waals surface area contributed by atoms with Crippen molar-refractivity contribution >= 4 is 0 Å². The van der Waals surface area contributed by atoms with Crippen LogP contribution in [0.1, 0.15) is 44.5 Å². The lowest BCUT2D eigenvalue weighted by Gasteiger charge is -2.21. The van der Waals surface area contributed by atoms with Crippen LogP contribution in [-0.2, 0) is 6.54 Å². The molecule has 0 saturated carbocycles. The summed E-state index contributed by atoms with van der Waals surface area (Å²) in [4.78, 5) is 4.30. The van der Waals surface area contributed by atoms with Gasteiger partial charge in [-0.1, -0.05) is 20.3 Å². The molecule has 0 aliphatic carbocycles. The molecular weight excluding hydrogens is 198 g/mol. The van der Waals surface area contributed by atoms with E-state index in [1.807, 2.05) is 6.33 Å². The average molecular weight is 223 g/mol. The quantitative estimate of drug-likeness (QED) is 0.753. The molecule has 0 atom stereocenters. The van der Waals surface area contributed by atoms with Crippen LogP contribution in [0.3, 0.4) is 0 Å². The molecule has 0 unspecified atom stereocenters. The number of aromatic nitrogens is 2. The molecule has 0 aliphatic heterocycles. The highest BCUT2D eigenvalue weighted by molar-refractivity contribution is 5.08. The maximum absolute atomic E-state index is 5.71. The Morgan fingerprint density at radius 1 is 1.31 bits per heavy atom. The van der Waals surface area contributed by atoms with Crippen LogP contribution in [0, 0.1) is 19.3 Å². The number of hydrogen-bond acceptors (Lipinski definition) is 2. The summed E-state index contributed by atoms with van der Waals surface area (Å²) >= 11 is 0. The predicted molar refractivity (Wildman–Crippen MR) is 68.4 cm³/mol. The second-order valence-corrected chi connectivity index (χ2v) is 5.43. The second-order valence-electron chi connectivity index (χ2n) is 5.43. The molecule has 1 rings (SSSR count). The number of nitrogens with zero attached hydrogens (tertiary/aromatic N) is 2. The Morgan fingerprint density at radius 2 is 2.00 bits per heavy atom. The maximum atomic E-state index is 5.71. The summed E-state index contributed by atoms with van der Waals surface area (Å²) in [5.74, 6) is 0. The van der Waals surface area contributed by atoms with Gasteiger partial charge in [0.1, 0.15) is 0 Å². The van der Waals surface area contributed by atoms with E-state index in [1.54, 1.807) is 0 Å². The minimum absolute atomic E-state index is 0.292. The number of aryl methyl sites for hydroxylation is 2. The van der Waals surface area contributed by atoms with Crippen LogP contribution < -0.4 is 5.73 Å². The van der Waals surface area contributed by atoms with Gasteiger partial charge in [-0.3, -0.25) is 0 Å². The van der Waals surface area contributed by atoms with E-state index in [4.69, 9.17) is 5.73 Å². The molecule has 1 heterocycles. The van der Waals surface area contributed by atoms with Crippen molar-refractivity contribution in [2.24, 2.45) is 11.1 Å². The summed E-state index contributed by atoms with van der Waals surface area (Å²) in [7, 11) is 0. The van der Waals surface area contributed by atoms with Crippen molar-refractivity contribution in [1.29, 1.82) is 0 Å². The molecule has 0 amide bonds. The molecule has 0 aromatic carbocycles. The lowest BCUT2D eigenvalue weighted by Crippen LogP contribution is -2.23. The molecule has 0 aliphatic rings. The van der Waals surface area contributed by atoms with E-state index < -0.39 is 0 Å². The Bertz CT molecular complexity index is 326. The molecule has 3 heteroatoms. The molecular formula is C13H25N3. The van der Waals surface area contributed by atoms with Crippen LogP contribution in [-0.4, -0.2) is 16.1 Å². The third kappa shape index (κ3) is 3.63. The first-order valence-electron chi connectivity index (χ1n) is 6.15. The fourth-order valence-electron chi connectivity index (χ4n) is 1.76. The van der Waals surface area contributed by atoms with E-state index in [0.29, 0.717) is 5.41 Å². The average Bonchev–Trinajstić information content (AvgIpc) is 2.56. The number of nitrogens with two attached hydrogens (primary N) is 1. The summed E-state index contributed by atoms with van der Waals surface area (Å²) in [5, 5.41) is 0. The van der Waals surface area contributed by atoms with Crippen LogP contribution in [0.15, 0.2) is 6.33 Å². The van der Waals surface area contributed by atoms with Gasteiger partial charge < -0.3 is 10.3 Å². The molecule has 1 aromatic rings. The fourth-order valence-corrected chi connectivity index (χ4v) is 1.76. The number of rotatable bonds is 6. The molecule has 0 saturated heterocycles. The van der Waals surface area contributed by atoms with E-state index in [0.717, 1.165) is 18.8 Å². The monoisotopic (exact) mass is 223 g/mol. The minimum Gasteiger partial charge on any atom is -0.335 e. The van der Waals surface area contributed by atoms with Crippen LogP contribution in [0.5, 0.6) is 0 Å². The highest BCUT2D eigenvalue weighted by Crippen LogP contribution is 2.21. The Hall–Kier alpha value is -0.830. The Labute approximate surface area is 99.1 Å². The molecule has 3 nitrogen and oxygen atoms in total. The Kier molecular flexibility index (Phi) is 4.54. The summed E-state index contributed by atoms with van der Waals surface area (Å²) in [6.45, 7) is 10.5. The van der Waals surface area contributed by atoms with Gasteiger partial charge in [-0.2, -0.15) is 0 Å². The van der Waals surface area contributed by atoms with E-state index in [1.165, 1.54) is 25.0 Å². The first-order valence-corrected chi connectivity index (χ1v) is 6.15. The van der Waals surface area contributed by atoms with E-state index in [2.05, 4.69) is 37.2 Å². The first-order chi connectivity index (χ1) is 7.46. The minimum atomic E-state index is 0.292. The molecule has 0 spiro atoms. The third-order valence-corrected chi connectivity index (χ3v) is 3.40. The first kappa shape index (κ1) is 13.2. The molecule has 16 heavy (non-hydrogen) atoms. The summed E-state index contributed by atoms with van der Waals surface area (Å²) in [6, 6.07) is 0. The second kappa shape index (κ2) is 5.48. The van der Waals surface area contributed by atoms with Gasteiger partial charge in [-0.05, 0) is 38.6 Å². The molecule has 2 N–H and O–H groups in total. The van der Waals surface area contributed by atoms with Gasteiger partial charge in [-0.25, -0.2) is 4.98 Å². The zero-order chi connectivity index (χ0) is 12.2. The lowest BCUT2D eigenvalue weighted by molar-refractivity contribution is 0.328. The van der Waals surface area contributed by atoms with Gasteiger partial charge in [-0.15, -0.1) is 0 Å². The SMILES string of the molecule is Cc1ncn(CCCCC(C)(C)CN)c1C. The van der Waals surface area contributed by atoms with Gasteiger partial charge >= 0.3 is 0 Å². The number of unbranched alkanes of at least 4 members (excludes halogenated alkanes) is 1. The van der Waals surface area contributed by atoms with Gasteiger partial charge in [0.2, 0.25) is 0 Å². The van der Waals surface area contributed by atoms with Crippen molar-refractivity contribution in [1.82, 2.24) is 9.55 Å². The third-order valence-electron chi connectivity index (χ3n) is 3.40. The van der Waals surface area contributed by atoms with Crippen molar-refractivity contribution in [3.05, 3.63) is 17.7 Å². The summed E-state index contributed by atoms with van der Waals surface area (Å²) in [5.41, 5.74) is 8.43. The molecule has 92 valence electrons. The van der Waals surface area contributed by atoms with Crippen molar-refractivity contribution < 1.29 is 0 Å². The predicted octanol–water partition coefficient (Wildman–Crippen LogP) is 2.66. The van der Waals surface area contributed by atoms with Crippen LogP contribution >= 0.6 is 0 Å². The summed E-state index contributed by atoms with van der Waals surface area (Å²) < 4.78 is 2.24. The van der Waals surface area contributed by atoms with Gasteiger partial charge in [0.25, 0.3) is 0 Å². The molecule has 0 radical (unpaired) electrons. The van der Waals surface area contributed by atoms with Crippen molar-refractivity contribution in [3.63, 3.8) is 0 Å². The Balaban J connectivity index is 2.29. The van der Waals surface area contributed by atoms with Gasteiger partial charge in [0, 0.05) is 12.2 Å². The zero-order valence-corrected chi connectivity index (χ0v) is 11.1. The highest BCUT2D eigenvalue weighted by atomic mass is 15.0. The van der Waals surface area contributed by atoms with Crippen LogP contribution in [0.4, 0.5) is 0 Å². The molecule has 1 aromatic heterocycles. The Morgan fingerprint density at radius 3 is 2.50 bits per heavy atom. The van der Waals surface area contributed by atoms with Crippen LogP contribution in [0.25, 0.3) is 0 Å². The standard InChI is InChI=1S/C13H25N3/c1-11-12(2)16(10-15-11)8-6-5-7-13(3,4)9-14/h10H,5-9,14H2,1-4H3. The van der Waals surface area contributed by atoms with E-state index in [-0.39, 0.29) is 0 Å². The highest BCUT2D eigenvalue weighted by Gasteiger charge is 2.14. The number of imidazole rings is 1. The molecule has 0 fully saturated rings. The van der Waals surface area contributed by atoms with Crippen LogP contribution in [0.2, 0.25) is 0 Å². The van der Waals surface area contributed by atoms with E-state index in [9.17, 15) is 0 Å². The molecule has 0 bridgehead atoms. The van der Waals surface area contributed by atoms with Gasteiger partial charge in [0.15, 0.2) is 0 Å². The fraction of sp³-hybridized carbons (Fsp3) is 0.769. The zero-order valence-electron chi connectivity index (χ0n) is 11.1. The lowest BCUT2D eigenvalue weighted by atomic mass is 9.87. The topological polar surface area (TPSA) is 43.8 Å². The normalized spacial score (nSPS) is 12.1. The maximum Gasteiger partial charge on any atom is 0.0951 e. The van der Waals surface area contributed by atoms with Crippen molar-refractivity contribution in [2.75, 3.05) is 6.54 Å². The largest absolute Gasteiger partial charge is 0.335 e. The van der Waals surface area contributed by atoms with Crippen molar-refractivity contribution in [2.45, 2.75) is 53.5 Å². The smallest absolute Gasteiger partial charge is 0.0951 e. The summed E-state index contributed by atoms with van der Waals surface area (Å²) in [6.07, 6.45) is 5.59. The van der Waals surface area contributed by atoms with Gasteiger partial charge in [0.05, 0.1) is 12.0 Å².